The largest absolute Gasteiger partial charge is 0.497 e. The highest BCUT2D eigenvalue weighted by Gasteiger charge is 2.19. The molecule has 0 aliphatic carbocycles. The molecule has 0 fully saturated rings. The summed E-state index contributed by atoms with van der Waals surface area (Å²) in [6.07, 6.45) is 2.17. The predicted octanol–water partition coefficient (Wildman–Crippen LogP) is 4.06. The van der Waals surface area contributed by atoms with E-state index in [0.717, 1.165) is 16.5 Å². The molecular formula is C23H20ClN5O3. The fourth-order valence-corrected chi connectivity index (χ4v) is 4.02. The third-order valence-corrected chi connectivity index (χ3v) is 5.82. The van der Waals surface area contributed by atoms with E-state index < -0.39 is 0 Å². The van der Waals surface area contributed by atoms with Crippen molar-refractivity contribution < 1.29 is 9.26 Å². The molecule has 0 aliphatic heterocycles. The average Bonchev–Trinajstić information content (AvgIpc) is 3.39. The number of methoxy groups -OCH3 is 1. The quantitative estimate of drug-likeness (QED) is 0.388. The van der Waals surface area contributed by atoms with Crippen LogP contribution in [0.3, 0.4) is 0 Å². The van der Waals surface area contributed by atoms with E-state index in [0.29, 0.717) is 46.5 Å². The highest BCUT2D eigenvalue weighted by molar-refractivity contribution is 6.31. The van der Waals surface area contributed by atoms with E-state index in [2.05, 4.69) is 15.1 Å². The maximum absolute atomic E-state index is 13.6. The molecule has 0 unspecified atom stereocenters. The van der Waals surface area contributed by atoms with E-state index in [1.807, 2.05) is 54.0 Å². The van der Waals surface area contributed by atoms with Crippen molar-refractivity contribution in [1.82, 2.24) is 24.3 Å². The Balaban J connectivity index is 1.72. The van der Waals surface area contributed by atoms with Crippen LogP contribution in [0, 0.1) is 0 Å². The molecule has 0 atom stereocenters. The number of halogens is 1. The Kier molecular flexibility index (Phi) is 5.14. The predicted molar refractivity (Wildman–Crippen MR) is 121 cm³/mol. The summed E-state index contributed by atoms with van der Waals surface area (Å²) in [7, 11) is 1.61. The molecule has 2 aromatic carbocycles. The van der Waals surface area contributed by atoms with Gasteiger partial charge in [0.1, 0.15) is 23.3 Å². The van der Waals surface area contributed by atoms with E-state index in [1.54, 1.807) is 7.11 Å². The number of hydrogen-bond donors (Lipinski definition) is 0. The number of hydrogen-bond acceptors (Lipinski definition) is 6. The summed E-state index contributed by atoms with van der Waals surface area (Å²) in [5.74, 6) is 1.65. The summed E-state index contributed by atoms with van der Waals surface area (Å²) < 4.78 is 14.1. The highest BCUT2D eigenvalue weighted by atomic mass is 35.5. The van der Waals surface area contributed by atoms with Crippen LogP contribution in [0.4, 0.5) is 0 Å². The number of nitrogens with zero attached hydrogens (tertiary/aromatic N) is 5. The lowest BCUT2D eigenvalue weighted by atomic mass is 10.2. The Labute approximate surface area is 188 Å². The smallest absolute Gasteiger partial charge is 0.278 e. The van der Waals surface area contributed by atoms with Crippen LogP contribution < -0.4 is 10.3 Å². The first kappa shape index (κ1) is 20.3. The van der Waals surface area contributed by atoms with Crippen molar-refractivity contribution in [3.05, 3.63) is 81.4 Å². The molecule has 32 heavy (non-hydrogen) atoms. The van der Waals surface area contributed by atoms with Gasteiger partial charge in [0.2, 0.25) is 5.89 Å². The SMILES string of the molecule is CCc1noc(Cn2cnc3c4cc(OC)ccc4n(Cc4ccccc4Cl)c3c2=O)n1. The van der Waals surface area contributed by atoms with Gasteiger partial charge in [-0.3, -0.25) is 9.36 Å². The van der Waals surface area contributed by atoms with Crippen molar-refractivity contribution in [2.24, 2.45) is 0 Å². The van der Waals surface area contributed by atoms with Gasteiger partial charge < -0.3 is 13.8 Å². The van der Waals surface area contributed by atoms with E-state index in [4.69, 9.17) is 20.9 Å². The minimum absolute atomic E-state index is 0.145. The maximum Gasteiger partial charge on any atom is 0.278 e. The first-order valence-corrected chi connectivity index (χ1v) is 10.6. The number of fused-ring (bicyclic) bond motifs is 3. The van der Waals surface area contributed by atoms with Gasteiger partial charge in [0.25, 0.3) is 5.56 Å². The Morgan fingerprint density at radius 3 is 2.75 bits per heavy atom. The van der Waals surface area contributed by atoms with Crippen molar-refractivity contribution in [3.8, 4) is 5.75 Å². The van der Waals surface area contributed by atoms with Gasteiger partial charge in [-0.1, -0.05) is 41.9 Å². The zero-order chi connectivity index (χ0) is 22.2. The zero-order valence-electron chi connectivity index (χ0n) is 17.6. The molecule has 3 aromatic heterocycles. The van der Waals surface area contributed by atoms with Gasteiger partial charge in [-0.25, -0.2) is 4.98 Å². The highest BCUT2D eigenvalue weighted by Crippen LogP contribution is 2.30. The minimum Gasteiger partial charge on any atom is -0.497 e. The van der Waals surface area contributed by atoms with Gasteiger partial charge in [0.15, 0.2) is 5.82 Å². The summed E-state index contributed by atoms with van der Waals surface area (Å²) in [5, 5.41) is 5.38. The van der Waals surface area contributed by atoms with Crippen molar-refractivity contribution in [1.29, 1.82) is 0 Å². The molecular weight excluding hydrogens is 430 g/mol. The molecule has 0 N–H and O–H groups in total. The van der Waals surface area contributed by atoms with E-state index in [-0.39, 0.29) is 12.1 Å². The topological polar surface area (TPSA) is 88.0 Å². The number of ether oxygens (including phenoxy) is 1. The Bertz CT molecular complexity index is 1500. The summed E-state index contributed by atoms with van der Waals surface area (Å²) >= 11 is 6.43. The Morgan fingerprint density at radius 2 is 2.00 bits per heavy atom. The second kappa shape index (κ2) is 8.12. The standard InChI is InChI=1S/C23H20ClN5O3/c1-3-19-26-20(32-27-19)12-28-13-25-21-16-10-15(31-2)8-9-18(16)29(22(21)23(28)30)11-14-6-4-5-7-17(14)24/h4-10,13H,3,11-12H2,1-2H3. The first-order chi connectivity index (χ1) is 15.6. The van der Waals surface area contributed by atoms with Crippen LogP contribution in [-0.2, 0) is 19.5 Å². The van der Waals surface area contributed by atoms with Gasteiger partial charge in [-0.05, 0) is 29.8 Å². The van der Waals surface area contributed by atoms with Crippen LogP contribution in [0.15, 0.2) is 58.1 Å². The molecule has 0 radical (unpaired) electrons. The summed E-state index contributed by atoms with van der Waals surface area (Å²) in [6, 6.07) is 13.3. The van der Waals surface area contributed by atoms with Crippen LogP contribution in [0.1, 0.15) is 24.2 Å². The maximum atomic E-state index is 13.6. The van der Waals surface area contributed by atoms with E-state index >= 15 is 0 Å². The van der Waals surface area contributed by atoms with Crippen molar-refractivity contribution in [2.75, 3.05) is 7.11 Å². The Hall–Kier alpha value is -3.65. The van der Waals surface area contributed by atoms with Crippen molar-refractivity contribution >= 4 is 33.5 Å². The van der Waals surface area contributed by atoms with Crippen LogP contribution in [-0.4, -0.2) is 31.4 Å². The molecule has 0 aliphatic rings. The fourth-order valence-electron chi connectivity index (χ4n) is 3.82. The Morgan fingerprint density at radius 1 is 1.16 bits per heavy atom. The molecule has 3 heterocycles. The van der Waals surface area contributed by atoms with E-state index in [9.17, 15) is 4.79 Å². The van der Waals surface area contributed by atoms with Crippen LogP contribution in [0.2, 0.25) is 5.02 Å². The third kappa shape index (κ3) is 3.42. The first-order valence-electron chi connectivity index (χ1n) is 10.2. The number of aryl methyl sites for hydroxylation is 1. The van der Waals surface area contributed by atoms with Crippen LogP contribution >= 0.6 is 11.6 Å². The van der Waals surface area contributed by atoms with Crippen LogP contribution in [0.25, 0.3) is 21.9 Å². The summed E-state index contributed by atoms with van der Waals surface area (Å²) in [4.78, 5) is 22.5. The van der Waals surface area contributed by atoms with Gasteiger partial charge in [0, 0.05) is 23.4 Å². The normalized spacial score (nSPS) is 11.5. The minimum atomic E-state index is -0.200. The molecule has 0 saturated heterocycles. The third-order valence-electron chi connectivity index (χ3n) is 5.45. The molecule has 8 nitrogen and oxygen atoms in total. The molecule has 9 heteroatoms. The zero-order valence-corrected chi connectivity index (χ0v) is 18.3. The second-order valence-corrected chi connectivity index (χ2v) is 7.80. The lowest BCUT2D eigenvalue weighted by Crippen LogP contribution is -2.23. The molecule has 5 rings (SSSR count). The summed E-state index contributed by atoms with van der Waals surface area (Å²) in [5.41, 5.74) is 2.66. The molecule has 0 amide bonds. The van der Waals surface area contributed by atoms with Gasteiger partial charge in [-0.2, -0.15) is 4.98 Å². The molecule has 0 bridgehead atoms. The molecule has 0 spiro atoms. The van der Waals surface area contributed by atoms with Crippen molar-refractivity contribution in [3.63, 3.8) is 0 Å². The van der Waals surface area contributed by atoms with Gasteiger partial charge in [-0.15, -0.1) is 0 Å². The fraction of sp³-hybridized carbons (Fsp3) is 0.217. The number of rotatable bonds is 6. The number of aromatic nitrogens is 5. The summed E-state index contributed by atoms with van der Waals surface area (Å²) in [6.45, 7) is 2.51. The van der Waals surface area contributed by atoms with Crippen molar-refractivity contribution in [2.45, 2.75) is 26.4 Å². The molecule has 5 aromatic rings. The van der Waals surface area contributed by atoms with Gasteiger partial charge >= 0.3 is 0 Å². The second-order valence-electron chi connectivity index (χ2n) is 7.39. The monoisotopic (exact) mass is 449 g/mol. The molecule has 0 saturated carbocycles. The lowest BCUT2D eigenvalue weighted by molar-refractivity contribution is 0.365. The lowest BCUT2D eigenvalue weighted by Gasteiger charge is -2.10. The molecule has 162 valence electrons. The van der Waals surface area contributed by atoms with Crippen LogP contribution in [0.5, 0.6) is 5.75 Å². The number of benzene rings is 2. The van der Waals surface area contributed by atoms with E-state index in [1.165, 1.54) is 10.9 Å². The van der Waals surface area contributed by atoms with Gasteiger partial charge in [0.05, 0.1) is 19.0 Å². The average molecular weight is 450 g/mol.